The minimum atomic E-state index is -0.980. The number of aliphatic hydroxyl groups excluding tert-OH is 2. The minimum absolute atomic E-state index is 0.0463. The fourth-order valence-electron chi connectivity index (χ4n) is 1.98. The first kappa shape index (κ1) is 15.2. The molecule has 21 heavy (non-hydrogen) atoms. The first-order valence-corrected chi connectivity index (χ1v) is 6.67. The predicted octanol–water partition coefficient (Wildman–Crippen LogP) is 0.982. The van der Waals surface area contributed by atoms with Gasteiger partial charge in [0.25, 0.3) is 0 Å². The van der Waals surface area contributed by atoms with Crippen LogP contribution >= 0.6 is 0 Å². The van der Waals surface area contributed by atoms with Crippen LogP contribution in [-0.2, 0) is 16.2 Å². The van der Waals surface area contributed by atoms with Crippen molar-refractivity contribution in [3.63, 3.8) is 0 Å². The number of hydrogen-bond acceptors (Lipinski definition) is 6. The van der Waals surface area contributed by atoms with Gasteiger partial charge < -0.3 is 15.1 Å². The van der Waals surface area contributed by atoms with Crippen molar-refractivity contribution in [2.45, 2.75) is 31.6 Å². The molecule has 2 unspecified atom stereocenters. The zero-order valence-corrected chi connectivity index (χ0v) is 11.6. The number of fused-ring (bicyclic) bond motifs is 1. The molecule has 1 aromatic rings. The molecule has 0 radical (unpaired) electrons. The molecule has 0 aromatic heterocycles. The fraction of sp³-hybridized carbons (Fsp3) is 0.333. The summed E-state index contributed by atoms with van der Waals surface area (Å²) >= 11 is 0. The summed E-state index contributed by atoms with van der Waals surface area (Å²) < 4.78 is 0. The number of nitrogens with zero attached hydrogens (tertiary/aromatic N) is 2. The highest BCUT2D eigenvalue weighted by Gasteiger charge is 2.19. The van der Waals surface area contributed by atoms with Gasteiger partial charge in [-0.1, -0.05) is 30.3 Å². The molecule has 112 valence electrons. The molecule has 0 saturated carbocycles. The topological polar surface area (TPSA) is 82.4 Å². The van der Waals surface area contributed by atoms with E-state index in [9.17, 15) is 15.0 Å². The third-order valence-electron chi connectivity index (χ3n) is 3.08. The summed E-state index contributed by atoms with van der Waals surface area (Å²) in [6.07, 6.45) is 0.937. The average Bonchev–Trinajstić information content (AvgIpc) is 2.46. The van der Waals surface area contributed by atoms with E-state index in [2.05, 4.69) is 11.7 Å². The molecular formula is C15H18N2O4. The lowest BCUT2D eigenvalue weighted by molar-refractivity contribution is -0.196. The van der Waals surface area contributed by atoms with Crippen LogP contribution in [-0.4, -0.2) is 39.8 Å². The summed E-state index contributed by atoms with van der Waals surface area (Å²) in [6, 6.07) is 7.67. The van der Waals surface area contributed by atoms with Crippen LogP contribution in [0.15, 0.2) is 42.0 Å². The van der Waals surface area contributed by atoms with Crippen LogP contribution in [0.1, 0.15) is 24.0 Å². The van der Waals surface area contributed by atoms with Crippen molar-refractivity contribution in [1.29, 1.82) is 0 Å². The normalized spacial score (nSPS) is 16.0. The van der Waals surface area contributed by atoms with Crippen molar-refractivity contribution in [3.8, 4) is 0 Å². The zero-order chi connectivity index (χ0) is 15.2. The van der Waals surface area contributed by atoms with Crippen molar-refractivity contribution in [2.24, 2.45) is 5.10 Å². The van der Waals surface area contributed by atoms with Crippen molar-refractivity contribution >= 4 is 12.2 Å². The van der Waals surface area contributed by atoms with E-state index in [1.807, 2.05) is 24.3 Å². The maximum Gasteiger partial charge on any atom is 0.337 e. The van der Waals surface area contributed by atoms with Gasteiger partial charge in [0.15, 0.2) is 0 Å². The van der Waals surface area contributed by atoms with E-state index in [1.54, 1.807) is 6.21 Å². The molecule has 2 atom stereocenters. The molecule has 1 heterocycles. The smallest absolute Gasteiger partial charge is 0.337 e. The Morgan fingerprint density at radius 3 is 3.00 bits per heavy atom. The molecule has 1 aliphatic heterocycles. The zero-order valence-electron chi connectivity index (χ0n) is 11.6. The van der Waals surface area contributed by atoms with Crippen molar-refractivity contribution in [1.82, 2.24) is 5.17 Å². The molecule has 0 amide bonds. The Labute approximate surface area is 122 Å². The number of carbonyl (C=O) groups is 1. The van der Waals surface area contributed by atoms with Gasteiger partial charge in [-0.25, -0.2) is 4.79 Å². The Morgan fingerprint density at radius 1 is 1.48 bits per heavy atom. The third kappa shape index (κ3) is 4.40. The van der Waals surface area contributed by atoms with Gasteiger partial charge in [-0.05, 0) is 11.1 Å². The fourth-order valence-corrected chi connectivity index (χ4v) is 1.98. The highest BCUT2D eigenvalue weighted by atomic mass is 16.7. The van der Waals surface area contributed by atoms with Crippen LogP contribution in [0.25, 0.3) is 0 Å². The second-order valence-corrected chi connectivity index (χ2v) is 4.81. The first-order chi connectivity index (χ1) is 10.1. The van der Waals surface area contributed by atoms with Crippen LogP contribution in [0, 0.1) is 0 Å². The standard InChI is InChI=1S/C15H18N2O4/c1-2-13(18)7-14(19)8-15(20)21-17-10-12-6-4-3-5-11(12)9-16-17/h2-6,9,13-14,18-19H,1,7-8,10H2. The molecule has 1 aromatic carbocycles. The highest BCUT2D eigenvalue weighted by molar-refractivity contribution is 5.82. The number of carbonyl (C=O) groups excluding carboxylic acids is 1. The maximum atomic E-state index is 11.7. The highest BCUT2D eigenvalue weighted by Crippen LogP contribution is 2.16. The SMILES string of the molecule is C=CC(O)CC(O)CC(=O)ON1Cc2ccccc2C=N1. The lowest BCUT2D eigenvalue weighted by Crippen LogP contribution is -2.28. The Morgan fingerprint density at radius 2 is 2.24 bits per heavy atom. The molecule has 2 N–H and O–H groups in total. The van der Waals surface area contributed by atoms with E-state index >= 15 is 0 Å². The van der Waals surface area contributed by atoms with Gasteiger partial charge >= 0.3 is 5.97 Å². The minimum Gasteiger partial charge on any atom is -0.392 e. The molecule has 6 nitrogen and oxygen atoms in total. The quantitative estimate of drug-likeness (QED) is 0.763. The first-order valence-electron chi connectivity index (χ1n) is 6.67. The molecule has 0 aliphatic carbocycles. The summed E-state index contributed by atoms with van der Waals surface area (Å²) in [5, 5.41) is 24.1. The lowest BCUT2D eigenvalue weighted by Gasteiger charge is -2.22. The van der Waals surface area contributed by atoms with E-state index in [0.717, 1.165) is 11.1 Å². The van der Waals surface area contributed by atoms with Gasteiger partial charge in [0.1, 0.15) is 6.54 Å². The second kappa shape index (κ2) is 7.01. The van der Waals surface area contributed by atoms with Crippen LogP contribution in [0.3, 0.4) is 0 Å². The van der Waals surface area contributed by atoms with Gasteiger partial charge in [0.05, 0.1) is 24.8 Å². The van der Waals surface area contributed by atoms with Crippen molar-refractivity contribution in [3.05, 3.63) is 48.0 Å². The molecule has 0 fully saturated rings. The molecule has 0 spiro atoms. The number of hydrazone groups is 1. The lowest BCUT2D eigenvalue weighted by atomic mass is 10.1. The van der Waals surface area contributed by atoms with E-state index in [4.69, 9.17) is 4.84 Å². The Bertz CT molecular complexity index is 544. The largest absolute Gasteiger partial charge is 0.392 e. The van der Waals surface area contributed by atoms with Gasteiger partial charge in [-0.2, -0.15) is 0 Å². The number of hydroxylamine groups is 1. The van der Waals surface area contributed by atoms with Gasteiger partial charge in [0.2, 0.25) is 0 Å². The van der Waals surface area contributed by atoms with Crippen LogP contribution in [0.5, 0.6) is 0 Å². The van der Waals surface area contributed by atoms with Crippen molar-refractivity contribution < 1.29 is 19.8 Å². The molecule has 1 aliphatic rings. The Hall–Kier alpha value is -2.18. The van der Waals surface area contributed by atoms with Crippen LogP contribution < -0.4 is 0 Å². The molecule has 6 heteroatoms. The maximum absolute atomic E-state index is 11.7. The average molecular weight is 290 g/mol. The number of benzene rings is 1. The summed E-state index contributed by atoms with van der Waals surface area (Å²) in [6.45, 7) is 3.77. The van der Waals surface area contributed by atoms with E-state index < -0.39 is 18.2 Å². The van der Waals surface area contributed by atoms with Crippen molar-refractivity contribution in [2.75, 3.05) is 0 Å². The Balaban J connectivity index is 1.83. The monoisotopic (exact) mass is 290 g/mol. The van der Waals surface area contributed by atoms with E-state index in [-0.39, 0.29) is 12.8 Å². The predicted molar refractivity (Wildman–Crippen MR) is 77.1 cm³/mol. The molecule has 0 bridgehead atoms. The van der Waals surface area contributed by atoms with E-state index in [1.165, 1.54) is 11.2 Å². The van der Waals surface area contributed by atoms with Gasteiger partial charge in [-0.15, -0.1) is 16.9 Å². The molecule has 2 rings (SSSR count). The number of hydrogen-bond donors (Lipinski definition) is 2. The van der Waals surface area contributed by atoms with Gasteiger partial charge in [-0.3, -0.25) is 0 Å². The summed E-state index contributed by atoms with van der Waals surface area (Å²) in [4.78, 5) is 16.8. The molecule has 0 saturated heterocycles. The second-order valence-electron chi connectivity index (χ2n) is 4.81. The summed E-state index contributed by atoms with van der Waals surface area (Å²) in [5.74, 6) is -0.602. The Kier molecular flexibility index (Phi) is 5.08. The number of aliphatic hydroxyl groups is 2. The molecular weight excluding hydrogens is 272 g/mol. The summed E-state index contributed by atoms with van der Waals surface area (Å²) in [7, 11) is 0. The van der Waals surface area contributed by atoms with E-state index in [0.29, 0.717) is 6.54 Å². The van der Waals surface area contributed by atoms with Crippen LogP contribution in [0.2, 0.25) is 0 Å². The summed E-state index contributed by atoms with van der Waals surface area (Å²) in [5.41, 5.74) is 1.99. The van der Waals surface area contributed by atoms with Crippen LogP contribution in [0.4, 0.5) is 0 Å². The van der Waals surface area contributed by atoms with Gasteiger partial charge in [0, 0.05) is 6.42 Å². The number of rotatable bonds is 6. The third-order valence-corrected chi connectivity index (χ3v) is 3.08.